The summed E-state index contributed by atoms with van der Waals surface area (Å²) in [7, 11) is 0. The van der Waals surface area contributed by atoms with Crippen molar-refractivity contribution in [1.82, 2.24) is 15.8 Å². The molecular formula is C2H4N3S. The average Bonchev–Trinajstić information content (AvgIpc) is 1.86. The van der Waals surface area contributed by atoms with Crippen LogP contribution in [0.2, 0.25) is 0 Å². The quantitative estimate of drug-likeness (QED) is 0.442. The Morgan fingerprint density at radius 1 is 1.83 bits per heavy atom. The predicted octanol–water partition coefficient (Wildman–Crippen LogP) is 0.124. The Morgan fingerprint density at radius 3 is 2.83 bits per heavy atom. The van der Waals surface area contributed by atoms with Gasteiger partial charge in [-0.05, 0) is 11.9 Å². The first kappa shape index (κ1) is 3.98. The first-order chi connectivity index (χ1) is 2.89. The van der Waals surface area contributed by atoms with Crippen LogP contribution in [0, 0.1) is 0 Å². The first-order valence-corrected chi connectivity index (χ1v) is 2.32. The molecule has 0 saturated heterocycles. The molecule has 1 radical (unpaired) electrons. The van der Waals surface area contributed by atoms with Gasteiger partial charge >= 0.3 is 0 Å². The third-order valence-electron chi connectivity index (χ3n) is 0.426. The van der Waals surface area contributed by atoms with E-state index in [1.54, 1.807) is 11.6 Å². The van der Waals surface area contributed by atoms with E-state index in [1.165, 1.54) is 16.5 Å². The summed E-state index contributed by atoms with van der Waals surface area (Å²) in [5.74, 6) is 6.75. The molecule has 0 amide bonds. The number of hydrazine groups is 1. The zero-order chi connectivity index (χ0) is 4.41. The minimum atomic E-state index is 1.17. The van der Waals surface area contributed by atoms with Crippen molar-refractivity contribution in [3.63, 3.8) is 0 Å². The second-order valence-electron chi connectivity index (χ2n) is 0.832. The van der Waals surface area contributed by atoms with Crippen LogP contribution in [0.3, 0.4) is 0 Å². The summed E-state index contributed by atoms with van der Waals surface area (Å²) >= 11 is 1.31. The van der Waals surface area contributed by atoms with Crippen LogP contribution in [-0.4, -0.2) is 4.52 Å². The van der Waals surface area contributed by atoms with Crippen LogP contribution in [0.5, 0.6) is 0 Å². The van der Waals surface area contributed by atoms with Crippen LogP contribution in [0.4, 0.5) is 0 Å². The van der Waals surface area contributed by atoms with Gasteiger partial charge in [-0.3, -0.25) is 0 Å². The summed E-state index contributed by atoms with van der Waals surface area (Å²) in [5.41, 5.74) is 2.60. The van der Waals surface area contributed by atoms with Crippen LogP contribution in [0.25, 0.3) is 0 Å². The molecule has 0 unspecified atom stereocenters. The molecule has 0 aromatic carbocycles. The van der Waals surface area contributed by atoms with Crippen LogP contribution in [-0.2, 0) is 0 Å². The van der Waals surface area contributed by atoms with Crippen molar-refractivity contribution in [1.29, 1.82) is 0 Å². The van der Waals surface area contributed by atoms with Crippen LogP contribution in [0.1, 0.15) is 0 Å². The minimum Gasteiger partial charge on any atom is -0.301 e. The Labute approximate surface area is 40.3 Å². The number of nitrogens with zero attached hydrogens (tertiary/aromatic N) is 1. The van der Waals surface area contributed by atoms with Crippen molar-refractivity contribution >= 4 is 11.9 Å². The van der Waals surface area contributed by atoms with Gasteiger partial charge in [0.05, 0.1) is 0 Å². The molecule has 0 fully saturated rings. The van der Waals surface area contributed by atoms with E-state index >= 15 is 0 Å². The van der Waals surface area contributed by atoms with Crippen molar-refractivity contribution in [2.24, 2.45) is 0 Å². The van der Waals surface area contributed by atoms with Gasteiger partial charge in [-0.2, -0.15) is 0 Å². The van der Waals surface area contributed by atoms with Crippen LogP contribution >= 0.6 is 11.9 Å². The Hall–Kier alpha value is -0.190. The second kappa shape index (κ2) is 1.51. The second-order valence-corrected chi connectivity index (χ2v) is 1.68. The molecule has 0 atom stereocenters. The highest BCUT2D eigenvalue weighted by Crippen LogP contribution is 2.07. The van der Waals surface area contributed by atoms with E-state index in [1.807, 2.05) is 0 Å². The van der Waals surface area contributed by atoms with E-state index in [0.29, 0.717) is 0 Å². The third kappa shape index (κ3) is 0.649. The van der Waals surface area contributed by atoms with Crippen LogP contribution in [0.15, 0.2) is 11.6 Å². The molecule has 4 heteroatoms. The van der Waals surface area contributed by atoms with Crippen molar-refractivity contribution < 1.29 is 0 Å². The van der Waals surface area contributed by atoms with Gasteiger partial charge in [0, 0.05) is 11.6 Å². The molecule has 1 aliphatic heterocycles. The molecule has 0 aliphatic carbocycles. The fourth-order valence-corrected chi connectivity index (χ4v) is 0.585. The van der Waals surface area contributed by atoms with E-state index in [2.05, 4.69) is 5.43 Å². The van der Waals surface area contributed by atoms with Gasteiger partial charge in [-0.25, -0.2) is 0 Å². The monoisotopic (exact) mass is 102 g/mol. The van der Waals surface area contributed by atoms with E-state index in [4.69, 9.17) is 5.84 Å². The van der Waals surface area contributed by atoms with Gasteiger partial charge in [0.1, 0.15) is 0 Å². The maximum atomic E-state index is 6.75. The summed E-state index contributed by atoms with van der Waals surface area (Å²) < 4.78 is 1.17. The van der Waals surface area contributed by atoms with Gasteiger partial charge in [0.2, 0.25) is 0 Å². The van der Waals surface area contributed by atoms with Crippen molar-refractivity contribution in [3.8, 4) is 0 Å². The Bertz CT molecular complexity index is 63.2. The maximum absolute atomic E-state index is 6.75. The molecule has 1 aliphatic rings. The zero-order valence-electron chi connectivity index (χ0n) is 3.01. The molecule has 33 valence electrons. The molecule has 6 heavy (non-hydrogen) atoms. The fraction of sp³-hybridized carbons (Fsp3) is 0. The van der Waals surface area contributed by atoms with Gasteiger partial charge in [0.15, 0.2) is 0 Å². The zero-order valence-corrected chi connectivity index (χ0v) is 3.83. The van der Waals surface area contributed by atoms with Crippen molar-refractivity contribution in [3.05, 3.63) is 11.6 Å². The lowest BCUT2D eigenvalue weighted by molar-refractivity contribution is 0.419. The molecule has 1 rings (SSSR count). The molecule has 0 aromatic rings. The fourth-order valence-electron chi connectivity index (χ4n) is 0.220. The first-order valence-electron chi connectivity index (χ1n) is 1.49. The lowest BCUT2D eigenvalue weighted by Gasteiger charge is -2.00. The standard InChI is InChI=1S/C2H4N3S/c3-5-4-1-2-6-5/h1-4H. The maximum Gasteiger partial charge on any atom is 0.0228 e. The molecule has 0 bridgehead atoms. The average molecular weight is 102 g/mol. The number of nitrogens with one attached hydrogen (secondary N) is 2. The highest BCUT2D eigenvalue weighted by atomic mass is 32.2. The van der Waals surface area contributed by atoms with E-state index in [-0.39, 0.29) is 0 Å². The topological polar surface area (TPSA) is 39.1 Å². The molecule has 0 spiro atoms. The molecule has 0 aromatic heterocycles. The summed E-state index contributed by atoms with van der Waals surface area (Å²) in [4.78, 5) is 0. The van der Waals surface area contributed by atoms with Gasteiger partial charge in [-0.1, -0.05) is 4.52 Å². The molecule has 3 nitrogen and oxygen atoms in total. The molecule has 0 saturated carbocycles. The lowest BCUT2D eigenvalue weighted by Crippen LogP contribution is -2.20. The van der Waals surface area contributed by atoms with Crippen molar-refractivity contribution in [2.75, 3.05) is 0 Å². The largest absolute Gasteiger partial charge is 0.301 e. The van der Waals surface area contributed by atoms with E-state index in [0.717, 1.165) is 0 Å². The number of hydrogen-bond donors (Lipinski definition) is 1. The Morgan fingerprint density at radius 2 is 2.67 bits per heavy atom. The summed E-state index contributed by atoms with van der Waals surface area (Å²) in [6.45, 7) is 0. The predicted molar refractivity (Wildman–Crippen MR) is 24.8 cm³/mol. The summed E-state index contributed by atoms with van der Waals surface area (Å²) in [6.07, 6.45) is 1.71. The Balaban J connectivity index is 2.32. The van der Waals surface area contributed by atoms with Crippen molar-refractivity contribution in [2.45, 2.75) is 0 Å². The van der Waals surface area contributed by atoms with Gasteiger partial charge < -0.3 is 5.43 Å². The summed E-state index contributed by atoms with van der Waals surface area (Å²) in [5, 5.41) is 1.80. The number of hydrogen-bond acceptors (Lipinski definition) is 3. The highest BCUT2D eigenvalue weighted by molar-refractivity contribution is 7.99. The number of rotatable bonds is 0. The van der Waals surface area contributed by atoms with Gasteiger partial charge in [-0.15, -0.1) is 5.84 Å². The molecular weight excluding hydrogens is 98.1 g/mol. The SMILES string of the molecule is [NH]N1NC=CS1. The normalized spacial score (nSPS) is 21.5. The van der Waals surface area contributed by atoms with E-state index in [9.17, 15) is 0 Å². The Kier molecular flexibility index (Phi) is 0.999. The smallest absolute Gasteiger partial charge is 0.0228 e. The molecule has 1 heterocycles. The summed E-state index contributed by atoms with van der Waals surface area (Å²) in [6, 6.07) is 0. The van der Waals surface area contributed by atoms with Crippen LogP contribution < -0.4 is 11.3 Å². The highest BCUT2D eigenvalue weighted by Gasteiger charge is 1.96. The lowest BCUT2D eigenvalue weighted by atomic mass is 11.1. The van der Waals surface area contributed by atoms with E-state index < -0.39 is 0 Å². The molecule has 2 N–H and O–H groups in total. The minimum absolute atomic E-state index is 1.17. The third-order valence-corrected chi connectivity index (χ3v) is 1.00. The van der Waals surface area contributed by atoms with Gasteiger partial charge in [0.25, 0.3) is 0 Å².